The fourth-order valence-corrected chi connectivity index (χ4v) is 2.10. The van der Waals surface area contributed by atoms with Gasteiger partial charge in [0.05, 0.1) is 5.69 Å². The smallest absolute Gasteiger partial charge is 0.270 e. The minimum absolute atomic E-state index is 0.184. The van der Waals surface area contributed by atoms with E-state index in [9.17, 15) is 4.79 Å². The number of carbonyl (C=O) groups excluding carboxylic acids is 1. The molecule has 0 aliphatic carbocycles. The normalized spacial score (nSPS) is 17.6. The number of ether oxygens (including phenoxy) is 1. The molecule has 1 aliphatic rings. The molecule has 0 aromatic heterocycles. The molecular formula is C14H10ClNO2. The van der Waals surface area contributed by atoms with E-state index in [-0.39, 0.29) is 5.91 Å². The highest BCUT2D eigenvalue weighted by Gasteiger charge is 2.28. The Morgan fingerprint density at radius 2 is 1.89 bits per heavy atom. The van der Waals surface area contributed by atoms with Crippen LogP contribution < -0.4 is 10.1 Å². The lowest BCUT2D eigenvalue weighted by atomic mass is 10.1. The first-order valence-corrected chi connectivity index (χ1v) is 5.94. The van der Waals surface area contributed by atoms with Crippen LogP contribution in [0.15, 0.2) is 48.5 Å². The lowest BCUT2D eigenvalue weighted by Gasteiger charge is -2.26. The van der Waals surface area contributed by atoms with Crippen molar-refractivity contribution >= 4 is 23.2 Å². The van der Waals surface area contributed by atoms with Crippen molar-refractivity contribution < 1.29 is 9.53 Å². The molecule has 1 heterocycles. The predicted octanol–water partition coefficient (Wildman–Crippen LogP) is 3.41. The maximum absolute atomic E-state index is 12.0. The van der Waals surface area contributed by atoms with Gasteiger partial charge in [-0.25, -0.2) is 0 Å². The molecule has 3 nitrogen and oxygen atoms in total. The van der Waals surface area contributed by atoms with Gasteiger partial charge >= 0.3 is 0 Å². The third-order valence-corrected chi connectivity index (χ3v) is 3.02. The first kappa shape index (κ1) is 11.1. The van der Waals surface area contributed by atoms with Gasteiger partial charge in [0, 0.05) is 10.6 Å². The number of hydrogen-bond acceptors (Lipinski definition) is 2. The van der Waals surface area contributed by atoms with Crippen molar-refractivity contribution in [2.75, 3.05) is 5.32 Å². The Morgan fingerprint density at radius 1 is 1.11 bits per heavy atom. The molecule has 4 heteroatoms. The van der Waals surface area contributed by atoms with E-state index in [2.05, 4.69) is 5.32 Å². The van der Waals surface area contributed by atoms with Gasteiger partial charge in [0.15, 0.2) is 0 Å². The average molecular weight is 260 g/mol. The molecule has 90 valence electrons. The van der Waals surface area contributed by atoms with E-state index in [0.717, 1.165) is 5.56 Å². The SMILES string of the molecule is O=C1Nc2cc(Cl)ccc2O[C@H]1c1ccccc1. The number of halogens is 1. The second-order valence-electron chi connectivity index (χ2n) is 4.04. The van der Waals surface area contributed by atoms with Gasteiger partial charge in [-0.15, -0.1) is 0 Å². The highest BCUT2D eigenvalue weighted by molar-refractivity contribution is 6.31. The molecule has 0 radical (unpaired) electrons. The van der Waals surface area contributed by atoms with E-state index in [1.54, 1.807) is 18.2 Å². The van der Waals surface area contributed by atoms with Crippen molar-refractivity contribution in [3.63, 3.8) is 0 Å². The Balaban J connectivity index is 1.97. The van der Waals surface area contributed by atoms with Crippen LogP contribution in [-0.4, -0.2) is 5.91 Å². The van der Waals surface area contributed by atoms with E-state index in [4.69, 9.17) is 16.3 Å². The van der Waals surface area contributed by atoms with Crippen LogP contribution in [-0.2, 0) is 4.79 Å². The molecule has 0 fully saturated rings. The van der Waals surface area contributed by atoms with E-state index in [0.29, 0.717) is 16.5 Å². The Morgan fingerprint density at radius 3 is 2.67 bits per heavy atom. The van der Waals surface area contributed by atoms with Gasteiger partial charge in [-0.05, 0) is 18.2 Å². The second kappa shape index (κ2) is 4.35. The summed E-state index contributed by atoms with van der Waals surface area (Å²) in [5.74, 6) is 0.448. The van der Waals surface area contributed by atoms with Crippen molar-refractivity contribution in [1.29, 1.82) is 0 Å². The van der Waals surface area contributed by atoms with E-state index < -0.39 is 6.10 Å². The summed E-state index contributed by atoms with van der Waals surface area (Å²) in [5.41, 5.74) is 1.44. The minimum Gasteiger partial charge on any atom is -0.474 e. The molecule has 2 aromatic rings. The zero-order chi connectivity index (χ0) is 12.5. The first-order chi connectivity index (χ1) is 8.74. The Hall–Kier alpha value is -2.00. The topological polar surface area (TPSA) is 38.3 Å². The molecule has 0 unspecified atom stereocenters. The van der Waals surface area contributed by atoms with E-state index >= 15 is 0 Å². The van der Waals surface area contributed by atoms with Gasteiger partial charge in [0.2, 0.25) is 6.10 Å². The summed E-state index contributed by atoms with van der Waals surface area (Å²) >= 11 is 5.87. The molecule has 1 amide bonds. The van der Waals surface area contributed by atoms with Crippen LogP contribution >= 0.6 is 11.6 Å². The van der Waals surface area contributed by atoms with Gasteiger partial charge in [-0.3, -0.25) is 4.79 Å². The van der Waals surface area contributed by atoms with Crippen LogP contribution in [0.2, 0.25) is 5.02 Å². The van der Waals surface area contributed by atoms with E-state index in [1.807, 2.05) is 30.3 Å². The van der Waals surface area contributed by atoms with Crippen molar-refractivity contribution in [2.45, 2.75) is 6.10 Å². The summed E-state index contributed by atoms with van der Waals surface area (Å²) in [7, 11) is 0. The van der Waals surface area contributed by atoms with Gasteiger partial charge in [0.1, 0.15) is 5.75 Å². The zero-order valence-corrected chi connectivity index (χ0v) is 10.1. The zero-order valence-electron chi connectivity index (χ0n) is 9.39. The number of rotatable bonds is 1. The van der Waals surface area contributed by atoms with E-state index in [1.165, 1.54) is 0 Å². The maximum atomic E-state index is 12.0. The molecule has 1 aliphatic heterocycles. The van der Waals surface area contributed by atoms with Gasteiger partial charge in [0.25, 0.3) is 5.91 Å². The second-order valence-corrected chi connectivity index (χ2v) is 4.47. The summed E-state index contributed by atoms with van der Waals surface area (Å²) in [5, 5.41) is 3.37. The highest BCUT2D eigenvalue weighted by atomic mass is 35.5. The highest BCUT2D eigenvalue weighted by Crippen LogP contribution is 2.36. The Bertz CT molecular complexity index is 598. The third-order valence-electron chi connectivity index (χ3n) is 2.78. The number of anilines is 1. The van der Waals surface area contributed by atoms with Crippen molar-refractivity contribution in [1.82, 2.24) is 0 Å². The molecule has 0 saturated carbocycles. The monoisotopic (exact) mass is 259 g/mol. The molecule has 2 aromatic carbocycles. The maximum Gasteiger partial charge on any atom is 0.270 e. The van der Waals surface area contributed by atoms with Gasteiger partial charge in [-0.2, -0.15) is 0 Å². The summed E-state index contributed by atoms with van der Waals surface area (Å²) in [6.07, 6.45) is -0.611. The molecule has 0 spiro atoms. The molecule has 18 heavy (non-hydrogen) atoms. The molecule has 3 rings (SSSR count). The van der Waals surface area contributed by atoms with Crippen molar-refractivity contribution in [3.05, 3.63) is 59.1 Å². The molecule has 1 atom stereocenters. The standard InChI is InChI=1S/C14H10ClNO2/c15-10-6-7-12-11(8-10)16-14(17)13(18-12)9-4-2-1-3-5-9/h1-8,13H,(H,16,17)/t13-/m0/s1. The summed E-state index contributed by atoms with van der Waals surface area (Å²) in [6, 6.07) is 14.6. The Kier molecular flexibility index (Phi) is 2.68. The fourth-order valence-electron chi connectivity index (χ4n) is 1.93. The summed E-state index contributed by atoms with van der Waals surface area (Å²) in [4.78, 5) is 12.0. The number of benzene rings is 2. The minimum atomic E-state index is -0.611. The van der Waals surface area contributed by atoms with Crippen molar-refractivity contribution in [2.24, 2.45) is 0 Å². The van der Waals surface area contributed by atoms with Gasteiger partial charge in [-0.1, -0.05) is 41.9 Å². The number of hydrogen-bond donors (Lipinski definition) is 1. The molecule has 0 bridgehead atoms. The summed E-state index contributed by atoms with van der Waals surface area (Å²) in [6.45, 7) is 0. The van der Waals surface area contributed by atoms with Crippen LogP contribution in [0.5, 0.6) is 5.75 Å². The number of fused-ring (bicyclic) bond motifs is 1. The largest absolute Gasteiger partial charge is 0.474 e. The van der Waals surface area contributed by atoms with Crippen LogP contribution in [0.3, 0.4) is 0 Å². The van der Waals surface area contributed by atoms with Crippen LogP contribution in [0.25, 0.3) is 0 Å². The molecular weight excluding hydrogens is 250 g/mol. The van der Waals surface area contributed by atoms with Crippen LogP contribution in [0.4, 0.5) is 5.69 Å². The lowest BCUT2D eigenvalue weighted by Crippen LogP contribution is -2.30. The third kappa shape index (κ3) is 1.93. The Labute approximate surface area is 109 Å². The lowest BCUT2D eigenvalue weighted by molar-refractivity contribution is -0.123. The summed E-state index contributed by atoms with van der Waals surface area (Å²) < 4.78 is 5.71. The molecule has 1 N–H and O–H groups in total. The number of carbonyl (C=O) groups is 1. The quantitative estimate of drug-likeness (QED) is 0.852. The fraction of sp³-hybridized carbons (Fsp3) is 0.0714. The average Bonchev–Trinajstić information content (AvgIpc) is 2.39. The predicted molar refractivity (Wildman–Crippen MR) is 69.9 cm³/mol. The van der Waals surface area contributed by atoms with Gasteiger partial charge < -0.3 is 10.1 Å². The number of nitrogens with one attached hydrogen (secondary N) is 1. The van der Waals surface area contributed by atoms with Crippen LogP contribution in [0.1, 0.15) is 11.7 Å². The molecule has 0 saturated heterocycles. The van der Waals surface area contributed by atoms with Crippen molar-refractivity contribution in [3.8, 4) is 5.75 Å². The number of amides is 1. The van der Waals surface area contributed by atoms with Crippen LogP contribution in [0, 0.1) is 0 Å². The first-order valence-electron chi connectivity index (χ1n) is 5.56.